The molecule has 1 aliphatic heterocycles. The second-order valence-corrected chi connectivity index (χ2v) is 6.08. The van der Waals surface area contributed by atoms with Crippen LogP contribution in [0.2, 0.25) is 0 Å². The summed E-state index contributed by atoms with van der Waals surface area (Å²) < 4.78 is 1.12. The lowest BCUT2D eigenvalue weighted by Gasteiger charge is -2.41. The molecule has 4 heteroatoms. The molecule has 1 unspecified atom stereocenters. The van der Waals surface area contributed by atoms with Gasteiger partial charge in [-0.2, -0.15) is 0 Å². The van der Waals surface area contributed by atoms with Crippen LogP contribution in [0.3, 0.4) is 0 Å². The van der Waals surface area contributed by atoms with Gasteiger partial charge in [-0.15, -0.1) is 11.6 Å². The van der Waals surface area contributed by atoms with Crippen molar-refractivity contribution in [2.45, 2.75) is 25.3 Å². The summed E-state index contributed by atoms with van der Waals surface area (Å²) in [4.78, 5) is 4.92. The Morgan fingerprint density at radius 1 is 1.39 bits per heavy atom. The van der Waals surface area contributed by atoms with Crippen molar-refractivity contribution in [2.75, 3.05) is 31.6 Å². The molecule has 0 aromatic heterocycles. The maximum absolute atomic E-state index is 6.05. The van der Waals surface area contributed by atoms with E-state index >= 15 is 0 Å². The van der Waals surface area contributed by atoms with Crippen LogP contribution >= 0.6 is 27.5 Å². The van der Waals surface area contributed by atoms with Crippen LogP contribution in [-0.2, 0) is 5.88 Å². The van der Waals surface area contributed by atoms with Gasteiger partial charge in [0.05, 0.1) is 0 Å². The summed E-state index contributed by atoms with van der Waals surface area (Å²) in [7, 11) is 2.22. The molecule has 1 aromatic rings. The first-order chi connectivity index (χ1) is 8.65. The van der Waals surface area contributed by atoms with E-state index in [-0.39, 0.29) is 0 Å². The van der Waals surface area contributed by atoms with Gasteiger partial charge in [-0.1, -0.05) is 28.9 Å². The van der Waals surface area contributed by atoms with E-state index in [1.54, 1.807) is 0 Å². The number of rotatable bonds is 3. The lowest BCUT2D eigenvalue weighted by Crippen LogP contribution is -2.51. The molecule has 0 amide bonds. The normalized spacial score (nSPS) is 21.3. The fraction of sp³-hybridized carbons (Fsp3) is 0.571. The molecule has 0 spiro atoms. The average molecular weight is 332 g/mol. The Bertz CT molecular complexity index is 411. The molecule has 2 rings (SSSR count). The Balaban J connectivity index is 2.23. The summed E-state index contributed by atoms with van der Waals surface area (Å²) in [5, 5.41) is 0. The summed E-state index contributed by atoms with van der Waals surface area (Å²) >= 11 is 9.61. The highest BCUT2D eigenvalue weighted by atomic mass is 79.9. The van der Waals surface area contributed by atoms with E-state index in [1.807, 2.05) is 0 Å². The highest BCUT2D eigenvalue weighted by Gasteiger charge is 2.24. The minimum absolute atomic E-state index is 0.575. The molecule has 0 saturated carbocycles. The van der Waals surface area contributed by atoms with Gasteiger partial charge in [0.2, 0.25) is 0 Å². The molecule has 1 heterocycles. The Hall–Kier alpha value is -0.250. The molecule has 1 aliphatic rings. The average Bonchev–Trinajstić information content (AvgIpc) is 2.39. The van der Waals surface area contributed by atoms with Gasteiger partial charge in [-0.25, -0.2) is 0 Å². The fourth-order valence-electron chi connectivity index (χ4n) is 2.55. The number of nitrogens with zero attached hydrogens (tertiary/aromatic N) is 2. The van der Waals surface area contributed by atoms with Crippen LogP contribution in [0.4, 0.5) is 5.69 Å². The van der Waals surface area contributed by atoms with Gasteiger partial charge in [0.1, 0.15) is 0 Å². The van der Waals surface area contributed by atoms with Gasteiger partial charge in [0.25, 0.3) is 0 Å². The molecular formula is C14H20BrClN2. The van der Waals surface area contributed by atoms with Crippen molar-refractivity contribution in [3.8, 4) is 0 Å². The molecule has 1 fully saturated rings. The van der Waals surface area contributed by atoms with Gasteiger partial charge in [0.15, 0.2) is 0 Å². The lowest BCUT2D eigenvalue weighted by atomic mass is 10.1. The van der Waals surface area contributed by atoms with E-state index in [9.17, 15) is 0 Å². The highest BCUT2D eigenvalue weighted by molar-refractivity contribution is 9.10. The van der Waals surface area contributed by atoms with E-state index in [2.05, 4.69) is 57.9 Å². The van der Waals surface area contributed by atoms with Gasteiger partial charge in [-0.3, -0.25) is 4.90 Å². The summed E-state index contributed by atoms with van der Waals surface area (Å²) in [5.74, 6) is 0.575. The quantitative estimate of drug-likeness (QED) is 0.779. The number of piperazine rings is 1. The van der Waals surface area contributed by atoms with Crippen molar-refractivity contribution >= 4 is 33.2 Å². The summed E-state index contributed by atoms with van der Waals surface area (Å²) in [6.45, 7) is 5.54. The van der Waals surface area contributed by atoms with Crippen molar-refractivity contribution in [1.29, 1.82) is 0 Å². The number of likely N-dealkylation sites (N-methyl/N-ethyl adjacent to an activating group) is 1. The Morgan fingerprint density at radius 2 is 2.17 bits per heavy atom. The number of hydrogen-bond acceptors (Lipinski definition) is 2. The second kappa shape index (κ2) is 6.27. The third kappa shape index (κ3) is 3.01. The van der Waals surface area contributed by atoms with E-state index in [0.29, 0.717) is 11.9 Å². The Labute approximate surface area is 123 Å². The zero-order valence-corrected chi connectivity index (χ0v) is 13.3. The van der Waals surface area contributed by atoms with E-state index in [1.165, 1.54) is 17.7 Å². The Kier molecular flexibility index (Phi) is 4.93. The molecule has 0 N–H and O–H groups in total. The summed E-state index contributed by atoms with van der Waals surface area (Å²) in [6, 6.07) is 7.01. The maximum atomic E-state index is 6.05. The third-order valence-corrected chi connectivity index (χ3v) is 4.56. The predicted octanol–water partition coefficient (Wildman–Crippen LogP) is 3.72. The first-order valence-electron chi connectivity index (χ1n) is 6.45. The number of benzene rings is 1. The molecule has 1 atom stereocenters. The number of anilines is 1. The largest absolute Gasteiger partial charge is 0.368 e. The minimum Gasteiger partial charge on any atom is -0.368 e. The molecule has 2 nitrogen and oxygen atoms in total. The number of hydrogen-bond donors (Lipinski definition) is 0. The number of alkyl halides is 1. The van der Waals surface area contributed by atoms with Gasteiger partial charge in [0, 0.05) is 41.7 Å². The van der Waals surface area contributed by atoms with Crippen molar-refractivity contribution in [2.24, 2.45) is 0 Å². The zero-order chi connectivity index (χ0) is 13.1. The van der Waals surface area contributed by atoms with E-state index < -0.39 is 0 Å². The SMILES string of the molecule is CCC1CN(c2cc(Br)ccc2CCl)CCN1C. The van der Waals surface area contributed by atoms with Gasteiger partial charge >= 0.3 is 0 Å². The molecule has 1 aromatic carbocycles. The van der Waals surface area contributed by atoms with Crippen LogP contribution in [0.1, 0.15) is 18.9 Å². The van der Waals surface area contributed by atoms with Crippen LogP contribution < -0.4 is 4.90 Å². The maximum Gasteiger partial charge on any atom is 0.0494 e. The lowest BCUT2D eigenvalue weighted by molar-refractivity contribution is 0.213. The topological polar surface area (TPSA) is 6.48 Å². The monoisotopic (exact) mass is 330 g/mol. The Morgan fingerprint density at radius 3 is 2.83 bits per heavy atom. The van der Waals surface area contributed by atoms with Crippen LogP contribution in [-0.4, -0.2) is 37.6 Å². The standard InChI is InChI=1S/C14H20BrClN2/c1-3-13-10-18(7-6-17(13)2)14-8-12(15)5-4-11(14)9-16/h4-5,8,13H,3,6-7,9-10H2,1-2H3. The first kappa shape index (κ1) is 14.2. The van der Waals surface area contributed by atoms with E-state index in [4.69, 9.17) is 11.6 Å². The van der Waals surface area contributed by atoms with Gasteiger partial charge in [-0.05, 0) is 31.2 Å². The van der Waals surface area contributed by atoms with Gasteiger partial charge < -0.3 is 4.90 Å². The molecule has 1 saturated heterocycles. The van der Waals surface area contributed by atoms with Crippen molar-refractivity contribution in [3.05, 3.63) is 28.2 Å². The highest BCUT2D eigenvalue weighted by Crippen LogP contribution is 2.28. The smallest absolute Gasteiger partial charge is 0.0494 e. The van der Waals surface area contributed by atoms with Crippen LogP contribution in [0.5, 0.6) is 0 Å². The molecule has 100 valence electrons. The molecular weight excluding hydrogens is 312 g/mol. The van der Waals surface area contributed by atoms with Crippen molar-refractivity contribution < 1.29 is 0 Å². The third-order valence-electron chi connectivity index (χ3n) is 3.78. The minimum atomic E-state index is 0.575. The van der Waals surface area contributed by atoms with E-state index in [0.717, 1.165) is 24.1 Å². The van der Waals surface area contributed by atoms with Crippen LogP contribution in [0.25, 0.3) is 0 Å². The zero-order valence-electron chi connectivity index (χ0n) is 11.0. The molecule has 0 bridgehead atoms. The fourth-order valence-corrected chi connectivity index (χ4v) is 3.13. The van der Waals surface area contributed by atoms with Crippen molar-refractivity contribution in [1.82, 2.24) is 4.90 Å². The van der Waals surface area contributed by atoms with Crippen LogP contribution in [0.15, 0.2) is 22.7 Å². The molecule has 0 radical (unpaired) electrons. The summed E-state index contributed by atoms with van der Waals surface area (Å²) in [6.07, 6.45) is 1.19. The first-order valence-corrected chi connectivity index (χ1v) is 7.78. The summed E-state index contributed by atoms with van der Waals surface area (Å²) in [5.41, 5.74) is 2.50. The number of halogens is 2. The predicted molar refractivity (Wildman–Crippen MR) is 82.6 cm³/mol. The molecule has 0 aliphatic carbocycles. The second-order valence-electron chi connectivity index (χ2n) is 4.90. The van der Waals surface area contributed by atoms with Crippen molar-refractivity contribution in [3.63, 3.8) is 0 Å². The van der Waals surface area contributed by atoms with Crippen LogP contribution in [0, 0.1) is 0 Å². The molecule has 18 heavy (non-hydrogen) atoms.